The Morgan fingerprint density at radius 3 is 2.93 bits per heavy atom. The zero-order valence-corrected chi connectivity index (χ0v) is 10.00. The van der Waals surface area contributed by atoms with Crippen molar-refractivity contribution in [2.24, 2.45) is 5.92 Å². The first-order chi connectivity index (χ1) is 7.27. The van der Waals surface area contributed by atoms with Crippen LogP contribution >= 0.6 is 0 Å². The van der Waals surface area contributed by atoms with E-state index < -0.39 is 0 Å². The molecule has 0 aliphatic carbocycles. The maximum atomic E-state index is 11.5. The van der Waals surface area contributed by atoms with E-state index >= 15 is 0 Å². The first-order valence-corrected chi connectivity index (χ1v) is 6.02. The second-order valence-electron chi connectivity index (χ2n) is 4.32. The molecule has 1 rings (SSSR count). The highest BCUT2D eigenvalue weighted by Gasteiger charge is 2.24. The summed E-state index contributed by atoms with van der Waals surface area (Å²) in [5.74, 6) is 0.756. The number of methoxy groups -OCH3 is 1. The molecule has 0 saturated carbocycles. The SMILES string of the molecule is CCC1CN(CCCCOC)CCC1=O. The molecule has 1 aliphatic rings. The predicted molar refractivity (Wildman–Crippen MR) is 61.0 cm³/mol. The second-order valence-corrected chi connectivity index (χ2v) is 4.32. The molecule has 0 bridgehead atoms. The smallest absolute Gasteiger partial charge is 0.138 e. The predicted octanol–water partition coefficient (Wildman–Crippen LogP) is 1.71. The van der Waals surface area contributed by atoms with Gasteiger partial charge >= 0.3 is 0 Å². The van der Waals surface area contributed by atoms with Gasteiger partial charge in [-0.25, -0.2) is 0 Å². The number of carbonyl (C=O) groups is 1. The number of likely N-dealkylation sites (tertiary alicyclic amines) is 1. The maximum Gasteiger partial charge on any atom is 0.138 e. The summed E-state index contributed by atoms with van der Waals surface area (Å²) in [7, 11) is 1.74. The van der Waals surface area contributed by atoms with Crippen LogP contribution in [0.4, 0.5) is 0 Å². The summed E-state index contributed by atoms with van der Waals surface area (Å²) >= 11 is 0. The standard InChI is InChI=1S/C12H23NO2/c1-3-11-10-13(8-6-12(11)14)7-4-5-9-15-2/h11H,3-10H2,1-2H3. The molecule has 0 aromatic rings. The van der Waals surface area contributed by atoms with Gasteiger partial charge < -0.3 is 9.64 Å². The summed E-state index contributed by atoms with van der Waals surface area (Å²) in [5, 5.41) is 0. The van der Waals surface area contributed by atoms with Crippen LogP contribution in [-0.2, 0) is 9.53 Å². The van der Waals surface area contributed by atoms with E-state index in [0.717, 1.165) is 45.5 Å². The quantitative estimate of drug-likeness (QED) is 0.629. The number of ether oxygens (including phenoxy) is 1. The van der Waals surface area contributed by atoms with Gasteiger partial charge in [0.15, 0.2) is 0 Å². The fourth-order valence-electron chi connectivity index (χ4n) is 2.12. The number of Topliss-reactive ketones (excluding diaryl/α,β-unsaturated/α-hetero) is 1. The van der Waals surface area contributed by atoms with Crippen LogP contribution < -0.4 is 0 Å². The van der Waals surface area contributed by atoms with Gasteiger partial charge in [-0.3, -0.25) is 4.79 Å². The molecule has 1 atom stereocenters. The first kappa shape index (κ1) is 12.7. The van der Waals surface area contributed by atoms with E-state index in [-0.39, 0.29) is 0 Å². The Kier molecular flexibility index (Phi) is 5.88. The molecule has 88 valence electrons. The Balaban J connectivity index is 2.17. The Morgan fingerprint density at radius 1 is 1.47 bits per heavy atom. The number of unbranched alkanes of at least 4 members (excludes halogenated alkanes) is 1. The molecule has 0 N–H and O–H groups in total. The van der Waals surface area contributed by atoms with Crippen LogP contribution in [0, 0.1) is 5.92 Å². The van der Waals surface area contributed by atoms with Crippen LogP contribution in [0.3, 0.4) is 0 Å². The molecule has 3 heteroatoms. The van der Waals surface area contributed by atoms with Gasteiger partial charge in [0.1, 0.15) is 5.78 Å². The van der Waals surface area contributed by atoms with E-state index in [1.54, 1.807) is 7.11 Å². The van der Waals surface area contributed by atoms with Gasteiger partial charge in [0, 0.05) is 39.1 Å². The first-order valence-electron chi connectivity index (χ1n) is 6.02. The molecule has 1 saturated heterocycles. The molecule has 0 aromatic carbocycles. The number of nitrogens with zero attached hydrogens (tertiary/aromatic N) is 1. The number of piperidine rings is 1. The largest absolute Gasteiger partial charge is 0.385 e. The molecule has 0 aromatic heterocycles. The molecule has 1 heterocycles. The molecule has 15 heavy (non-hydrogen) atoms. The molecule has 1 unspecified atom stereocenters. The van der Waals surface area contributed by atoms with Gasteiger partial charge in [-0.2, -0.15) is 0 Å². The number of hydrogen-bond donors (Lipinski definition) is 0. The van der Waals surface area contributed by atoms with Crippen molar-refractivity contribution in [3.05, 3.63) is 0 Å². The number of rotatable bonds is 6. The van der Waals surface area contributed by atoms with Crippen molar-refractivity contribution in [3.63, 3.8) is 0 Å². The Bertz CT molecular complexity index is 194. The highest BCUT2D eigenvalue weighted by molar-refractivity contribution is 5.82. The summed E-state index contributed by atoms with van der Waals surface area (Å²) < 4.78 is 5.02. The number of hydrogen-bond acceptors (Lipinski definition) is 3. The summed E-state index contributed by atoms with van der Waals surface area (Å²) in [6.45, 7) is 6.01. The minimum absolute atomic E-state index is 0.293. The second kappa shape index (κ2) is 6.96. The Labute approximate surface area is 92.8 Å². The molecule has 3 nitrogen and oxygen atoms in total. The minimum atomic E-state index is 0.293. The van der Waals surface area contributed by atoms with E-state index in [0.29, 0.717) is 11.7 Å². The molecule has 0 radical (unpaired) electrons. The fraction of sp³-hybridized carbons (Fsp3) is 0.917. The van der Waals surface area contributed by atoms with Gasteiger partial charge in [-0.05, 0) is 25.8 Å². The summed E-state index contributed by atoms with van der Waals surface area (Å²) in [6.07, 6.45) is 4.05. The van der Waals surface area contributed by atoms with Gasteiger partial charge in [0.2, 0.25) is 0 Å². The lowest BCUT2D eigenvalue weighted by Crippen LogP contribution is -2.41. The van der Waals surface area contributed by atoms with E-state index in [4.69, 9.17) is 4.74 Å². The number of carbonyl (C=O) groups excluding carboxylic acids is 1. The molecular weight excluding hydrogens is 190 g/mol. The van der Waals surface area contributed by atoms with Crippen molar-refractivity contribution in [2.75, 3.05) is 33.4 Å². The van der Waals surface area contributed by atoms with Crippen molar-refractivity contribution in [3.8, 4) is 0 Å². The van der Waals surface area contributed by atoms with Crippen LogP contribution in [0.5, 0.6) is 0 Å². The molecule has 1 aliphatic heterocycles. The van der Waals surface area contributed by atoms with Crippen molar-refractivity contribution < 1.29 is 9.53 Å². The lowest BCUT2D eigenvalue weighted by atomic mass is 9.94. The molecule has 1 fully saturated rings. The van der Waals surface area contributed by atoms with Crippen molar-refractivity contribution in [1.82, 2.24) is 4.90 Å². The lowest BCUT2D eigenvalue weighted by molar-refractivity contribution is -0.126. The third-order valence-corrected chi connectivity index (χ3v) is 3.17. The zero-order valence-electron chi connectivity index (χ0n) is 10.00. The average Bonchev–Trinajstić information content (AvgIpc) is 2.26. The van der Waals surface area contributed by atoms with E-state index in [2.05, 4.69) is 11.8 Å². The average molecular weight is 213 g/mol. The van der Waals surface area contributed by atoms with Gasteiger partial charge in [-0.15, -0.1) is 0 Å². The van der Waals surface area contributed by atoms with Crippen LogP contribution in [-0.4, -0.2) is 44.0 Å². The third kappa shape index (κ3) is 4.31. The third-order valence-electron chi connectivity index (χ3n) is 3.17. The summed E-state index contributed by atoms with van der Waals surface area (Å²) in [6, 6.07) is 0. The van der Waals surface area contributed by atoms with Crippen molar-refractivity contribution >= 4 is 5.78 Å². The zero-order chi connectivity index (χ0) is 11.1. The van der Waals surface area contributed by atoms with Crippen molar-refractivity contribution in [1.29, 1.82) is 0 Å². The minimum Gasteiger partial charge on any atom is -0.385 e. The monoisotopic (exact) mass is 213 g/mol. The van der Waals surface area contributed by atoms with Gasteiger partial charge in [0.05, 0.1) is 0 Å². The topological polar surface area (TPSA) is 29.5 Å². The fourth-order valence-corrected chi connectivity index (χ4v) is 2.12. The number of ketones is 1. The highest BCUT2D eigenvalue weighted by atomic mass is 16.5. The van der Waals surface area contributed by atoms with E-state index in [1.807, 2.05) is 0 Å². The van der Waals surface area contributed by atoms with E-state index in [9.17, 15) is 4.79 Å². The van der Waals surface area contributed by atoms with Crippen LogP contribution in [0.15, 0.2) is 0 Å². The van der Waals surface area contributed by atoms with Gasteiger partial charge in [0.25, 0.3) is 0 Å². The summed E-state index contributed by atoms with van der Waals surface area (Å²) in [5.41, 5.74) is 0. The Hall–Kier alpha value is -0.410. The molecule has 0 amide bonds. The maximum absolute atomic E-state index is 11.5. The van der Waals surface area contributed by atoms with Crippen LogP contribution in [0.2, 0.25) is 0 Å². The molecular formula is C12H23NO2. The van der Waals surface area contributed by atoms with Crippen LogP contribution in [0.25, 0.3) is 0 Å². The normalized spacial score (nSPS) is 23.3. The van der Waals surface area contributed by atoms with Crippen LogP contribution in [0.1, 0.15) is 32.6 Å². The molecule has 0 spiro atoms. The Morgan fingerprint density at radius 2 is 2.27 bits per heavy atom. The van der Waals surface area contributed by atoms with E-state index in [1.165, 1.54) is 6.42 Å². The van der Waals surface area contributed by atoms with Crippen molar-refractivity contribution in [2.45, 2.75) is 32.6 Å². The lowest BCUT2D eigenvalue weighted by Gasteiger charge is -2.31. The summed E-state index contributed by atoms with van der Waals surface area (Å²) in [4.78, 5) is 13.9. The van der Waals surface area contributed by atoms with Gasteiger partial charge in [-0.1, -0.05) is 6.92 Å². The highest BCUT2D eigenvalue weighted by Crippen LogP contribution is 2.16.